The predicted octanol–water partition coefficient (Wildman–Crippen LogP) is 7.61. The summed E-state index contributed by atoms with van der Waals surface area (Å²) in [5, 5.41) is 9.10. The van der Waals surface area contributed by atoms with Crippen molar-refractivity contribution in [2.45, 2.75) is 77.2 Å². The quantitative estimate of drug-likeness (QED) is 0.0917. The number of piperidine rings is 3. The highest BCUT2D eigenvalue weighted by Crippen LogP contribution is 2.39. The van der Waals surface area contributed by atoms with Crippen molar-refractivity contribution in [2.75, 3.05) is 66.7 Å². The number of benzene rings is 3. The third kappa shape index (κ3) is 9.65. The molecule has 1 unspecified atom stereocenters. The largest absolute Gasteiger partial charge is 0.385 e. The van der Waals surface area contributed by atoms with Crippen LogP contribution in [0.2, 0.25) is 0 Å². The first kappa shape index (κ1) is 43.6. The fraction of sp³-hybridized carbons (Fsp3) is 0.449. The summed E-state index contributed by atoms with van der Waals surface area (Å²) in [4.78, 5) is 73.6. The van der Waals surface area contributed by atoms with Gasteiger partial charge in [0, 0.05) is 69.7 Å². The van der Waals surface area contributed by atoms with Gasteiger partial charge in [0.2, 0.25) is 11.8 Å². The highest BCUT2D eigenvalue weighted by Gasteiger charge is 2.36. The van der Waals surface area contributed by atoms with Crippen molar-refractivity contribution in [2.24, 2.45) is 18.9 Å². The first-order valence-electron chi connectivity index (χ1n) is 22.4. The Kier molecular flexibility index (Phi) is 13.0. The van der Waals surface area contributed by atoms with Gasteiger partial charge in [-0.15, -0.1) is 0 Å². The lowest BCUT2D eigenvalue weighted by atomic mass is 9.89. The van der Waals surface area contributed by atoms with E-state index in [0.717, 1.165) is 100 Å². The number of imide groups is 1. The molecule has 3 aliphatic heterocycles. The number of nitrogens with zero attached hydrogens (tertiary/aromatic N) is 5. The SMILES string of the molecule is Cc1ccc(Nc2c(C=O)c(N(C(=O)N(C)C3CC3)c3cccc(NCC4CCN(CC5CCN(c6cccc(C7CCC(=O)NC7=O)c6)CC5)CC4)c3)c(C)c(=O)n2C)c(F)c1. The van der Waals surface area contributed by atoms with Crippen LogP contribution in [-0.4, -0.2) is 90.9 Å². The summed E-state index contributed by atoms with van der Waals surface area (Å²) in [6, 6.07) is 20.2. The van der Waals surface area contributed by atoms with E-state index in [1.165, 1.54) is 22.6 Å². The Morgan fingerprint density at radius 2 is 1.62 bits per heavy atom. The van der Waals surface area contributed by atoms with Crippen molar-refractivity contribution in [3.05, 3.63) is 105 Å². The number of rotatable bonds is 13. The third-order valence-electron chi connectivity index (χ3n) is 13.5. The molecule has 14 heteroatoms. The van der Waals surface area contributed by atoms with Crippen molar-refractivity contribution in [3.8, 4) is 0 Å². The minimum absolute atomic E-state index is 0.0575. The van der Waals surface area contributed by atoms with Gasteiger partial charge in [0.1, 0.15) is 11.6 Å². The van der Waals surface area contributed by atoms with Gasteiger partial charge in [-0.1, -0.05) is 24.3 Å². The molecule has 3 aromatic carbocycles. The van der Waals surface area contributed by atoms with Crippen molar-refractivity contribution < 1.29 is 23.6 Å². The number of urea groups is 1. The Balaban J connectivity index is 0.901. The minimum atomic E-state index is -0.530. The lowest BCUT2D eigenvalue weighted by Crippen LogP contribution is -2.42. The summed E-state index contributed by atoms with van der Waals surface area (Å²) in [6.45, 7) is 9.28. The van der Waals surface area contributed by atoms with Gasteiger partial charge in [-0.2, -0.15) is 0 Å². The summed E-state index contributed by atoms with van der Waals surface area (Å²) in [6.07, 6.45) is 7.67. The third-order valence-corrected chi connectivity index (χ3v) is 13.5. The molecule has 332 valence electrons. The van der Waals surface area contributed by atoms with E-state index in [9.17, 15) is 24.0 Å². The van der Waals surface area contributed by atoms with E-state index < -0.39 is 11.4 Å². The van der Waals surface area contributed by atoms with Gasteiger partial charge >= 0.3 is 6.03 Å². The number of carbonyl (C=O) groups is 4. The summed E-state index contributed by atoms with van der Waals surface area (Å²) in [7, 11) is 3.27. The second-order valence-corrected chi connectivity index (χ2v) is 18.0. The molecule has 1 atom stereocenters. The molecule has 4 amide bonds. The van der Waals surface area contributed by atoms with Crippen molar-refractivity contribution >= 4 is 58.4 Å². The average Bonchev–Trinajstić information content (AvgIpc) is 4.14. The monoisotopic (exact) mass is 858 g/mol. The second-order valence-electron chi connectivity index (χ2n) is 18.0. The van der Waals surface area contributed by atoms with E-state index in [2.05, 4.69) is 37.9 Å². The number of nitrogens with one attached hydrogen (secondary N) is 3. The Bertz CT molecular complexity index is 2430. The Morgan fingerprint density at radius 3 is 2.32 bits per heavy atom. The number of anilines is 6. The molecule has 1 saturated carbocycles. The molecule has 8 rings (SSSR count). The smallest absolute Gasteiger partial charge is 0.329 e. The molecule has 3 saturated heterocycles. The maximum Gasteiger partial charge on any atom is 0.329 e. The van der Waals surface area contributed by atoms with Crippen LogP contribution >= 0.6 is 0 Å². The predicted molar refractivity (Wildman–Crippen MR) is 245 cm³/mol. The van der Waals surface area contributed by atoms with Crippen molar-refractivity contribution in [1.82, 2.24) is 19.7 Å². The molecule has 63 heavy (non-hydrogen) atoms. The van der Waals surface area contributed by atoms with Crippen LogP contribution in [0.15, 0.2) is 71.5 Å². The van der Waals surface area contributed by atoms with Crippen LogP contribution in [0.25, 0.3) is 0 Å². The molecule has 1 aliphatic carbocycles. The van der Waals surface area contributed by atoms with E-state index in [1.807, 2.05) is 36.4 Å². The van der Waals surface area contributed by atoms with Crippen LogP contribution in [0.1, 0.15) is 84.3 Å². The molecule has 3 N–H and O–H groups in total. The normalized spacial score (nSPS) is 18.8. The van der Waals surface area contributed by atoms with Gasteiger partial charge in [-0.05, 0) is 137 Å². The zero-order valence-corrected chi connectivity index (χ0v) is 36.8. The molecule has 4 aromatic rings. The summed E-state index contributed by atoms with van der Waals surface area (Å²) in [5.74, 6) is -0.00998. The Morgan fingerprint density at radius 1 is 0.889 bits per heavy atom. The Labute approximate surface area is 368 Å². The highest BCUT2D eigenvalue weighted by molar-refractivity contribution is 6.07. The summed E-state index contributed by atoms with van der Waals surface area (Å²) >= 11 is 0. The van der Waals surface area contributed by atoms with Crippen LogP contribution < -0.4 is 31.3 Å². The van der Waals surface area contributed by atoms with Crippen LogP contribution in [0.5, 0.6) is 0 Å². The molecular formula is C49H59FN8O5. The lowest BCUT2D eigenvalue weighted by Gasteiger charge is -2.38. The van der Waals surface area contributed by atoms with Crippen LogP contribution in [0, 0.1) is 31.5 Å². The van der Waals surface area contributed by atoms with E-state index >= 15 is 4.39 Å². The van der Waals surface area contributed by atoms with E-state index in [-0.39, 0.29) is 58.1 Å². The van der Waals surface area contributed by atoms with Gasteiger partial charge in [-0.3, -0.25) is 34.0 Å². The van der Waals surface area contributed by atoms with Crippen LogP contribution in [0.3, 0.4) is 0 Å². The number of pyridine rings is 1. The van der Waals surface area contributed by atoms with E-state index in [0.29, 0.717) is 36.7 Å². The topological polar surface area (TPSA) is 139 Å². The number of aryl methyl sites for hydroxylation is 1. The first-order valence-corrected chi connectivity index (χ1v) is 22.4. The fourth-order valence-electron chi connectivity index (χ4n) is 9.54. The van der Waals surface area contributed by atoms with E-state index in [4.69, 9.17) is 0 Å². The molecule has 13 nitrogen and oxygen atoms in total. The number of halogens is 1. The molecule has 1 aromatic heterocycles. The standard InChI is InChI=1S/C49H59FN8O5/c1-31-11-15-43(42(50)25-31)52-46-41(30-59)45(32(2)48(62)55(46)4)58(49(63)54(3)37-12-13-37)39-10-6-8-36(27-39)51-28-33-17-21-56(22-18-33)29-34-19-23-57(24-20-34)38-9-5-7-35(26-38)40-14-16-44(60)53-47(40)61/h5-11,15,25-27,30,33-34,37,40,51-52H,12-14,16-24,28-29H2,1-4H3,(H,53,60,61). The lowest BCUT2D eigenvalue weighted by molar-refractivity contribution is -0.134. The van der Waals surface area contributed by atoms with E-state index in [1.54, 1.807) is 37.9 Å². The number of hydrogen-bond donors (Lipinski definition) is 3. The number of amides is 4. The maximum atomic E-state index is 15.1. The summed E-state index contributed by atoms with van der Waals surface area (Å²) in [5.41, 5.74) is 4.31. The van der Waals surface area contributed by atoms with Crippen LogP contribution in [-0.2, 0) is 16.6 Å². The number of aldehydes is 1. The summed E-state index contributed by atoms with van der Waals surface area (Å²) < 4.78 is 16.4. The molecule has 4 fully saturated rings. The molecular weight excluding hydrogens is 800 g/mol. The molecule has 4 heterocycles. The van der Waals surface area contributed by atoms with Crippen molar-refractivity contribution in [3.63, 3.8) is 0 Å². The van der Waals surface area contributed by atoms with Gasteiger partial charge in [0.05, 0.1) is 28.5 Å². The number of carbonyl (C=O) groups excluding carboxylic acids is 4. The van der Waals surface area contributed by atoms with Gasteiger partial charge in [-0.25, -0.2) is 9.18 Å². The van der Waals surface area contributed by atoms with Gasteiger partial charge in [0.15, 0.2) is 6.29 Å². The molecule has 0 radical (unpaired) electrons. The number of likely N-dealkylation sites (tertiary alicyclic amines) is 1. The molecule has 4 aliphatic rings. The highest BCUT2D eigenvalue weighted by atomic mass is 19.1. The second kappa shape index (κ2) is 18.8. The number of aromatic nitrogens is 1. The molecule has 0 spiro atoms. The first-order chi connectivity index (χ1) is 30.4. The zero-order valence-electron chi connectivity index (χ0n) is 36.8. The van der Waals surface area contributed by atoms with Gasteiger partial charge < -0.3 is 25.3 Å². The zero-order chi connectivity index (χ0) is 44.4. The maximum absolute atomic E-state index is 15.1. The number of hydrogen-bond acceptors (Lipinski definition) is 9. The molecule has 0 bridgehead atoms. The van der Waals surface area contributed by atoms with Crippen LogP contribution in [0.4, 0.5) is 43.4 Å². The van der Waals surface area contributed by atoms with Crippen molar-refractivity contribution in [1.29, 1.82) is 0 Å². The Hall–Kier alpha value is -6.02. The fourth-order valence-corrected chi connectivity index (χ4v) is 9.54. The average molecular weight is 859 g/mol. The minimum Gasteiger partial charge on any atom is -0.385 e. The van der Waals surface area contributed by atoms with Gasteiger partial charge in [0.25, 0.3) is 5.56 Å².